The number of aromatic nitrogens is 1. The summed E-state index contributed by atoms with van der Waals surface area (Å²) in [4.78, 5) is 15.4. The van der Waals surface area contributed by atoms with Gasteiger partial charge in [0.15, 0.2) is 5.78 Å². The third-order valence-electron chi connectivity index (χ3n) is 3.24. The lowest BCUT2D eigenvalue weighted by Gasteiger charge is -2.03. The quantitative estimate of drug-likeness (QED) is 0.596. The highest BCUT2D eigenvalue weighted by Crippen LogP contribution is 2.28. The van der Waals surface area contributed by atoms with Gasteiger partial charge in [0, 0.05) is 24.4 Å². The van der Waals surface area contributed by atoms with Crippen molar-refractivity contribution in [3.05, 3.63) is 30.0 Å². The number of nitrogens with one attached hydrogen (secondary N) is 2. The molecular weight excluding hydrogens is 224 g/mol. The van der Waals surface area contributed by atoms with E-state index in [1.54, 1.807) is 0 Å². The normalized spacial score (nSPS) is 10.8. The van der Waals surface area contributed by atoms with Crippen LogP contribution in [0.4, 0.5) is 5.69 Å². The lowest BCUT2D eigenvalue weighted by molar-refractivity contribution is 0.0976. The highest BCUT2D eigenvalue weighted by Gasteiger charge is 2.15. The zero-order chi connectivity index (χ0) is 13.0. The van der Waals surface area contributed by atoms with E-state index in [0.29, 0.717) is 6.42 Å². The van der Waals surface area contributed by atoms with Crippen molar-refractivity contribution in [2.24, 2.45) is 0 Å². The van der Waals surface area contributed by atoms with Gasteiger partial charge in [0.2, 0.25) is 0 Å². The van der Waals surface area contributed by atoms with Crippen molar-refractivity contribution in [3.8, 4) is 0 Å². The lowest BCUT2D eigenvalue weighted by Crippen LogP contribution is -2.03. The summed E-state index contributed by atoms with van der Waals surface area (Å²) in [7, 11) is 1.86. The Bertz CT molecular complexity index is 542. The number of hydrogen-bond acceptors (Lipinski definition) is 2. The zero-order valence-corrected chi connectivity index (χ0v) is 11.0. The van der Waals surface area contributed by atoms with Gasteiger partial charge in [0.05, 0.1) is 5.69 Å². The molecule has 2 N–H and O–H groups in total. The van der Waals surface area contributed by atoms with Gasteiger partial charge in [-0.15, -0.1) is 0 Å². The van der Waals surface area contributed by atoms with Crippen LogP contribution in [0, 0.1) is 0 Å². The summed E-state index contributed by atoms with van der Waals surface area (Å²) >= 11 is 0. The van der Waals surface area contributed by atoms with E-state index in [1.165, 1.54) is 0 Å². The van der Waals surface area contributed by atoms with Crippen molar-refractivity contribution in [2.45, 2.75) is 32.6 Å². The molecule has 1 heterocycles. The summed E-state index contributed by atoms with van der Waals surface area (Å²) in [5.74, 6) is 0.198. The number of carbonyl (C=O) groups excluding carboxylic acids is 1. The molecule has 0 saturated heterocycles. The molecule has 0 amide bonds. The number of ketones is 1. The highest BCUT2D eigenvalue weighted by atomic mass is 16.1. The Kier molecular flexibility index (Phi) is 4.03. The molecule has 0 radical (unpaired) electrons. The SMILES string of the molecule is CCCCCC(=O)c1[nH]c2ccccc2c1NC. The van der Waals surface area contributed by atoms with E-state index < -0.39 is 0 Å². The number of aromatic amines is 1. The summed E-state index contributed by atoms with van der Waals surface area (Å²) in [5.41, 5.74) is 2.66. The molecule has 0 aliphatic carbocycles. The minimum Gasteiger partial charge on any atom is -0.386 e. The zero-order valence-electron chi connectivity index (χ0n) is 11.0. The third-order valence-corrected chi connectivity index (χ3v) is 3.24. The first-order valence-electron chi connectivity index (χ1n) is 6.59. The maximum absolute atomic E-state index is 12.2. The Hall–Kier alpha value is -1.77. The molecule has 2 aromatic rings. The first-order chi connectivity index (χ1) is 8.77. The maximum Gasteiger partial charge on any atom is 0.181 e. The number of anilines is 1. The van der Waals surface area contributed by atoms with Gasteiger partial charge in [0.1, 0.15) is 5.69 Å². The number of Topliss-reactive ketones (excluding diaryl/α,β-unsaturated/α-hetero) is 1. The molecule has 1 aromatic carbocycles. The standard InChI is InChI=1S/C15H20N2O/c1-3-4-5-10-13(18)15-14(16-2)11-8-6-7-9-12(11)17-15/h6-9,16-17H,3-5,10H2,1-2H3. The second-order valence-corrected chi connectivity index (χ2v) is 4.55. The van der Waals surface area contributed by atoms with Crippen LogP contribution in [0.5, 0.6) is 0 Å². The molecule has 0 aliphatic heterocycles. The predicted octanol–water partition coefficient (Wildman–Crippen LogP) is 3.97. The van der Waals surface area contributed by atoms with Crippen molar-refractivity contribution in [3.63, 3.8) is 0 Å². The van der Waals surface area contributed by atoms with E-state index in [0.717, 1.165) is 41.5 Å². The van der Waals surface area contributed by atoms with Crippen molar-refractivity contribution in [1.29, 1.82) is 0 Å². The summed E-state index contributed by atoms with van der Waals surface area (Å²) in [6, 6.07) is 7.99. The molecule has 0 unspecified atom stereocenters. The molecule has 0 atom stereocenters. The molecule has 3 heteroatoms. The summed E-state index contributed by atoms with van der Waals surface area (Å²) in [6.45, 7) is 2.15. The summed E-state index contributed by atoms with van der Waals surface area (Å²) < 4.78 is 0. The first-order valence-corrected chi connectivity index (χ1v) is 6.59. The van der Waals surface area contributed by atoms with E-state index in [2.05, 4.69) is 17.2 Å². The predicted molar refractivity (Wildman–Crippen MR) is 76.3 cm³/mol. The van der Waals surface area contributed by atoms with Crippen LogP contribution in [0.2, 0.25) is 0 Å². The van der Waals surface area contributed by atoms with Gasteiger partial charge in [-0.1, -0.05) is 38.0 Å². The number of unbranched alkanes of at least 4 members (excludes halogenated alkanes) is 2. The van der Waals surface area contributed by atoms with E-state index in [9.17, 15) is 4.79 Å². The summed E-state index contributed by atoms with van der Waals surface area (Å²) in [6.07, 6.45) is 3.84. The van der Waals surface area contributed by atoms with Gasteiger partial charge in [-0.05, 0) is 12.5 Å². The Morgan fingerprint density at radius 3 is 2.78 bits per heavy atom. The Morgan fingerprint density at radius 2 is 2.06 bits per heavy atom. The Morgan fingerprint density at radius 1 is 1.28 bits per heavy atom. The van der Waals surface area contributed by atoms with Crippen molar-refractivity contribution in [1.82, 2.24) is 4.98 Å². The largest absolute Gasteiger partial charge is 0.386 e. The van der Waals surface area contributed by atoms with Crippen LogP contribution in [-0.4, -0.2) is 17.8 Å². The molecule has 0 spiro atoms. The average Bonchev–Trinajstić information content (AvgIpc) is 2.77. The van der Waals surface area contributed by atoms with Crippen LogP contribution in [0.25, 0.3) is 10.9 Å². The summed E-state index contributed by atoms with van der Waals surface area (Å²) in [5, 5.41) is 4.22. The van der Waals surface area contributed by atoms with Crippen molar-refractivity contribution < 1.29 is 4.79 Å². The molecule has 0 saturated carbocycles. The van der Waals surface area contributed by atoms with E-state index in [-0.39, 0.29) is 5.78 Å². The van der Waals surface area contributed by atoms with Crippen LogP contribution >= 0.6 is 0 Å². The van der Waals surface area contributed by atoms with Crippen LogP contribution in [0.15, 0.2) is 24.3 Å². The minimum absolute atomic E-state index is 0.198. The molecule has 0 bridgehead atoms. The second-order valence-electron chi connectivity index (χ2n) is 4.55. The first kappa shape index (κ1) is 12.7. The number of fused-ring (bicyclic) bond motifs is 1. The number of para-hydroxylation sites is 1. The maximum atomic E-state index is 12.2. The number of hydrogen-bond donors (Lipinski definition) is 2. The Labute approximate surface area is 108 Å². The molecule has 96 valence electrons. The number of benzene rings is 1. The Balaban J connectivity index is 2.29. The molecule has 2 rings (SSSR count). The fourth-order valence-electron chi connectivity index (χ4n) is 2.27. The van der Waals surface area contributed by atoms with Gasteiger partial charge in [0.25, 0.3) is 0 Å². The van der Waals surface area contributed by atoms with E-state index >= 15 is 0 Å². The average molecular weight is 244 g/mol. The van der Waals surface area contributed by atoms with E-state index in [1.807, 2.05) is 31.3 Å². The molecular formula is C15H20N2O. The molecule has 0 aliphatic rings. The molecule has 0 fully saturated rings. The number of H-pyrrole nitrogens is 1. The second kappa shape index (κ2) is 5.71. The van der Waals surface area contributed by atoms with E-state index in [4.69, 9.17) is 0 Å². The van der Waals surface area contributed by atoms with Crippen molar-refractivity contribution in [2.75, 3.05) is 12.4 Å². The van der Waals surface area contributed by atoms with Gasteiger partial charge in [-0.25, -0.2) is 0 Å². The fraction of sp³-hybridized carbons (Fsp3) is 0.400. The van der Waals surface area contributed by atoms with Gasteiger partial charge < -0.3 is 10.3 Å². The van der Waals surface area contributed by atoms with Crippen LogP contribution in [0.1, 0.15) is 43.1 Å². The van der Waals surface area contributed by atoms with Gasteiger partial charge in [-0.2, -0.15) is 0 Å². The monoisotopic (exact) mass is 244 g/mol. The molecule has 3 nitrogen and oxygen atoms in total. The van der Waals surface area contributed by atoms with Crippen LogP contribution in [0.3, 0.4) is 0 Å². The van der Waals surface area contributed by atoms with Crippen LogP contribution < -0.4 is 5.32 Å². The van der Waals surface area contributed by atoms with Crippen LogP contribution in [-0.2, 0) is 0 Å². The fourth-order valence-corrected chi connectivity index (χ4v) is 2.27. The molecule has 18 heavy (non-hydrogen) atoms. The minimum atomic E-state index is 0.198. The number of rotatable bonds is 6. The van der Waals surface area contributed by atoms with Gasteiger partial charge in [-0.3, -0.25) is 4.79 Å². The lowest BCUT2D eigenvalue weighted by atomic mass is 10.1. The van der Waals surface area contributed by atoms with Gasteiger partial charge >= 0.3 is 0 Å². The highest BCUT2D eigenvalue weighted by molar-refractivity contribution is 6.08. The molecule has 1 aromatic heterocycles. The number of carbonyl (C=O) groups is 1. The smallest absolute Gasteiger partial charge is 0.181 e. The third kappa shape index (κ3) is 2.40. The topological polar surface area (TPSA) is 44.9 Å². The van der Waals surface area contributed by atoms with Crippen molar-refractivity contribution >= 4 is 22.4 Å².